The van der Waals surface area contributed by atoms with Crippen molar-refractivity contribution in [3.8, 4) is 5.75 Å². The van der Waals surface area contributed by atoms with E-state index in [1.165, 1.54) is 17.6 Å². The summed E-state index contributed by atoms with van der Waals surface area (Å²) in [6, 6.07) is 21.6. The monoisotopic (exact) mass is 448 g/mol. The summed E-state index contributed by atoms with van der Waals surface area (Å²) in [5, 5.41) is 5.21. The third-order valence-electron chi connectivity index (χ3n) is 4.47. The topological polar surface area (TPSA) is 67.8 Å². The lowest BCUT2D eigenvalue weighted by Crippen LogP contribution is -2.17. The lowest BCUT2D eigenvalue weighted by atomic mass is 10.1. The van der Waals surface area contributed by atoms with Crippen LogP contribution < -0.4 is 10.2 Å². The minimum atomic E-state index is -0.502. The minimum absolute atomic E-state index is 0.286. The number of nitrogens with one attached hydrogen (secondary N) is 1. The molecule has 0 aliphatic carbocycles. The molecule has 0 unspecified atom stereocenters. The molecule has 0 fully saturated rings. The van der Waals surface area contributed by atoms with Crippen LogP contribution in [0.1, 0.15) is 31.2 Å². The number of thiophene rings is 1. The zero-order chi connectivity index (χ0) is 21.8. The van der Waals surface area contributed by atoms with Gasteiger partial charge in [-0.3, -0.25) is 4.79 Å². The highest BCUT2D eigenvalue weighted by atomic mass is 35.5. The van der Waals surface area contributed by atoms with Crippen LogP contribution >= 0.6 is 22.9 Å². The Hall–Kier alpha value is -3.48. The Balaban J connectivity index is 1.38. The number of hydrogen-bond acceptors (Lipinski definition) is 5. The molecule has 1 amide bonds. The van der Waals surface area contributed by atoms with Gasteiger partial charge in [0.1, 0.15) is 10.6 Å². The first-order valence-corrected chi connectivity index (χ1v) is 10.6. The normalized spacial score (nSPS) is 11.0. The number of benzene rings is 3. The average molecular weight is 449 g/mol. The van der Waals surface area contributed by atoms with Gasteiger partial charge in [-0.05, 0) is 55.0 Å². The van der Waals surface area contributed by atoms with E-state index in [-0.39, 0.29) is 5.91 Å². The third kappa shape index (κ3) is 4.82. The van der Waals surface area contributed by atoms with Gasteiger partial charge in [0.05, 0.1) is 11.2 Å². The second-order valence-electron chi connectivity index (χ2n) is 6.77. The molecule has 7 heteroatoms. The zero-order valence-corrected chi connectivity index (χ0v) is 18.0. The predicted octanol–water partition coefficient (Wildman–Crippen LogP) is 5.85. The van der Waals surface area contributed by atoms with Crippen molar-refractivity contribution in [2.45, 2.75) is 6.92 Å². The standard InChI is InChI=1S/C24H17ClN2O3S/c1-15-5-4-6-17(13-15)23(28)27-26-14-16-9-11-18(12-10-16)30-24(29)22-21(25)19-7-2-3-8-20(19)31-22/h2-14H,1H3,(H,27,28)/b26-14-. The minimum Gasteiger partial charge on any atom is -0.422 e. The summed E-state index contributed by atoms with van der Waals surface area (Å²) in [4.78, 5) is 25.0. The van der Waals surface area contributed by atoms with Crippen molar-refractivity contribution in [1.82, 2.24) is 5.43 Å². The highest BCUT2D eigenvalue weighted by Gasteiger charge is 2.18. The van der Waals surface area contributed by atoms with E-state index >= 15 is 0 Å². The highest BCUT2D eigenvalue weighted by Crippen LogP contribution is 2.35. The fourth-order valence-corrected chi connectivity index (χ4v) is 4.32. The Labute approximate surface area is 187 Å². The van der Waals surface area contributed by atoms with E-state index in [9.17, 15) is 9.59 Å². The smallest absolute Gasteiger partial charge is 0.355 e. The molecular weight excluding hydrogens is 432 g/mol. The Kier molecular flexibility index (Phi) is 6.11. The number of nitrogens with zero attached hydrogens (tertiary/aromatic N) is 1. The van der Waals surface area contributed by atoms with Gasteiger partial charge in [-0.1, -0.05) is 47.5 Å². The number of aryl methyl sites for hydroxylation is 1. The Morgan fingerprint density at radius 2 is 1.81 bits per heavy atom. The molecule has 1 N–H and O–H groups in total. The van der Waals surface area contributed by atoms with Gasteiger partial charge in [0.15, 0.2) is 0 Å². The van der Waals surface area contributed by atoms with Gasteiger partial charge >= 0.3 is 5.97 Å². The Morgan fingerprint density at radius 3 is 2.55 bits per heavy atom. The van der Waals surface area contributed by atoms with Crippen LogP contribution in [0.25, 0.3) is 10.1 Å². The van der Waals surface area contributed by atoms with Crippen LogP contribution in [0.15, 0.2) is 77.9 Å². The van der Waals surface area contributed by atoms with Crippen LogP contribution in [-0.2, 0) is 0 Å². The Bertz CT molecular complexity index is 1300. The number of carbonyl (C=O) groups is 2. The van der Waals surface area contributed by atoms with Gasteiger partial charge in [-0.25, -0.2) is 10.2 Å². The first-order valence-electron chi connectivity index (χ1n) is 9.40. The molecule has 1 heterocycles. The van der Waals surface area contributed by atoms with E-state index in [0.717, 1.165) is 21.2 Å². The van der Waals surface area contributed by atoms with Gasteiger partial charge in [-0.15, -0.1) is 11.3 Å². The largest absolute Gasteiger partial charge is 0.422 e. The summed E-state index contributed by atoms with van der Waals surface area (Å²) in [6.07, 6.45) is 1.52. The number of ether oxygens (including phenoxy) is 1. The van der Waals surface area contributed by atoms with E-state index in [0.29, 0.717) is 21.2 Å². The summed E-state index contributed by atoms with van der Waals surface area (Å²) in [7, 11) is 0. The molecule has 31 heavy (non-hydrogen) atoms. The van der Waals surface area contributed by atoms with Crippen LogP contribution in [0.2, 0.25) is 5.02 Å². The van der Waals surface area contributed by atoms with Crippen LogP contribution in [0.4, 0.5) is 0 Å². The molecule has 0 aliphatic heterocycles. The molecule has 0 aliphatic rings. The maximum atomic E-state index is 12.5. The van der Waals surface area contributed by atoms with Crippen molar-refractivity contribution in [2.75, 3.05) is 0 Å². The van der Waals surface area contributed by atoms with E-state index in [2.05, 4.69) is 10.5 Å². The van der Waals surface area contributed by atoms with Crippen LogP contribution in [-0.4, -0.2) is 18.1 Å². The average Bonchev–Trinajstić information content (AvgIpc) is 3.12. The van der Waals surface area contributed by atoms with Crippen LogP contribution in [0.5, 0.6) is 5.75 Å². The molecule has 1 aromatic heterocycles. The fourth-order valence-electron chi connectivity index (χ4n) is 2.94. The van der Waals surface area contributed by atoms with Gasteiger partial charge in [-0.2, -0.15) is 5.10 Å². The maximum absolute atomic E-state index is 12.5. The van der Waals surface area contributed by atoms with E-state index in [4.69, 9.17) is 16.3 Å². The summed E-state index contributed by atoms with van der Waals surface area (Å²) in [5.74, 6) is -0.400. The second kappa shape index (κ2) is 9.12. The molecule has 5 nitrogen and oxygen atoms in total. The van der Waals surface area contributed by atoms with E-state index < -0.39 is 5.97 Å². The summed E-state index contributed by atoms with van der Waals surface area (Å²) in [5.41, 5.74) is 4.77. The number of carbonyl (C=O) groups excluding carboxylic acids is 2. The molecule has 154 valence electrons. The number of esters is 1. The molecule has 4 aromatic rings. The maximum Gasteiger partial charge on any atom is 0.355 e. The first-order chi connectivity index (χ1) is 15.0. The number of hydrogen-bond donors (Lipinski definition) is 1. The number of rotatable bonds is 5. The van der Waals surface area contributed by atoms with Gasteiger partial charge in [0, 0.05) is 15.6 Å². The van der Waals surface area contributed by atoms with Crippen molar-refractivity contribution in [3.05, 3.63) is 99.4 Å². The molecule has 0 radical (unpaired) electrons. The fraction of sp³-hybridized carbons (Fsp3) is 0.0417. The predicted molar refractivity (Wildman–Crippen MR) is 124 cm³/mol. The number of halogens is 1. The van der Waals surface area contributed by atoms with Crippen LogP contribution in [0, 0.1) is 6.92 Å². The molecule has 0 saturated heterocycles. The van der Waals surface area contributed by atoms with Crippen molar-refractivity contribution in [2.24, 2.45) is 5.10 Å². The molecular formula is C24H17ClN2O3S. The highest BCUT2D eigenvalue weighted by molar-refractivity contribution is 7.21. The lowest BCUT2D eigenvalue weighted by Gasteiger charge is -2.04. The van der Waals surface area contributed by atoms with Gasteiger partial charge in [0.2, 0.25) is 0 Å². The SMILES string of the molecule is Cc1cccc(C(=O)N/N=C\c2ccc(OC(=O)c3sc4ccccc4c3Cl)cc2)c1. The number of fused-ring (bicyclic) bond motifs is 1. The molecule has 0 saturated carbocycles. The summed E-state index contributed by atoms with van der Waals surface area (Å²) >= 11 is 7.64. The molecule has 0 bridgehead atoms. The van der Waals surface area contributed by atoms with E-state index in [1.54, 1.807) is 36.4 Å². The van der Waals surface area contributed by atoms with Crippen molar-refractivity contribution >= 4 is 51.1 Å². The molecule has 0 atom stereocenters. The lowest BCUT2D eigenvalue weighted by molar-refractivity contribution is 0.0739. The van der Waals surface area contributed by atoms with E-state index in [1.807, 2.05) is 43.3 Å². The van der Waals surface area contributed by atoms with Gasteiger partial charge < -0.3 is 4.74 Å². The van der Waals surface area contributed by atoms with Crippen molar-refractivity contribution in [3.63, 3.8) is 0 Å². The third-order valence-corrected chi connectivity index (χ3v) is 6.13. The number of amides is 1. The van der Waals surface area contributed by atoms with Crippen LogP contribution in [0.3, 0.4) is 0 Å². The number of hydrazone groups is 1. The summed E-state index contributed by atoms with van der Waals surface area (Å²) < 4.78 is 6.38. The van der Waals surface area contributed by atoms with Crippen molar-refractivity contribution in [1.29, 1.82) is 0 Å². The molecule has 0 spiro atoms. The summed E-state index contributed by atoms with van der Waals surface area (Å²) in [6.45, 7) is 1.92. The van der Waals surface area contributed by atoms with Crippen molar-refractivity contribution < 1.29 is 14.3 Å². The molecule has 3 aromatic carbocycles. The van der Waals surface area contributed by atoms with Gasteiger partial charge in [0.25, 0.3) is 5.91 Å². The Morgan fingerprint density at radius 1 is 1.03 bits per heavy atom. The molecule has 4 rings (SSSR count). The second-order valence-corrected chi connectivity index (χ2v) is 8.20. The quantitative estimate of drug-likeness (QED) is 0.180. The first kappa shape index (κ1) is 20.8. The zero-order valence-electron chi connectivity index (χ0n) is 16.5.